The number of aromatic nitrogens is 2. The van der Waals surface area contributed by atoms with Gasteiger partial charge in [-0.05, 0) is 19.9 Å². The number of nitrogens with one attached hydrogen (secondary N) is 1. The second kappa shape index (κ2) is 9.15. The number of ether oxygens (including phenoxy) is 2. The number of unbranched alkanes of at least 4 members (excludes halogenated alkanes) is 1. The van der Waals surface area contributed by atoms with E-state index in [2.05, 4.69) is 21.1 Å². The maximum Gasteiger partial charge on any atom is 0.0949 e. The molecular formula is C12H23N3O2. The normalized spacial score (nSPS) is 10.9. The second-order valence-electron chi connectivity index (χ2n) is 3.95. The van der Waals surface area contributed by atoms with E-state index in [0.29, 0.717) is 13.2 Å². The van der Waals surface area contributed by atoms with Crippen molar-refractivity contribution in [3.63, 3.8) is 0 Å². The maximum atomic E-state index is 5.40. The standard InChI is InChI=1S/C12H23N3O2/c1-13-9-12-10-15(11-14-12)5-3-4-6-17-8-7-16-2/h10-11,13H,3-9H2,1-2H3. The van der Waals surface area contributed by atoms with Gasteiger partial charge in [0.1, 0.15) is 0 Å². The third kappa shape index (κ3) is 6.41. The van der Waals surface area contributed by atoms with Gasteiger partial charge < -0.3 is 19.4 Å². The molecule has 0 saturated heterocycles. The van der Waals surface area contributed by atoms with E-state index in [1.807, 2.05) is 13.4 Å². The molecule has 1 rings (SSSR count). The third-order valence-corrected chi connectivity index (χ3v) is 2.43. The Kier molecular flexibility index (Phi) is 7.62. The number of imidazole rings is 1. The van der Waals surface area contributed by atoms with Crippen LogP contribution in [-0.2, 0) is 22.6 Å². The third-order valence-electron chi connectivity index (χ3n) is 2.43. The Hall–Kier alpha value is -0.910. The molecule has 0 aromatic carbocycles. The van der Waals surface area contributed by atoms with E-state index in [4.69, 9.17) is 9.47 Å². The summed E-state index contributed by atoms with van der Waals surface area (Å²) in [7, 11) is 3.61. The van der Waals surface area contributed by atoms with Gasteiger partial charge in [-0.25, -0.2) is 4.98 Å². The van der Waals surface area contributed by atoms with Crippen molar-refractivity contribution in [3.05, 3.63) is 18.2 Å². The smallest absolute Gasteiger partial charge is 0.0949 e. The average Bonchev–Trinajstić information content (AvgIpc) is 2.76. The van der Waals surface area contributed by atoms with E-state index in [-0.39, 0.29) is 0 Å². The first-order chi connectivity index (χ1) is 8.36. The molecule has 5 nitrogen and oxygen atoms in total. The molecule has 1 aromatic rings. The lowest BCUT2D eigenvalue weighted by atomic mass is 10.3. The average molecular weight is 241 g/mol. The number of aryl methyl sites for hydroxylation is 1. The van der Waals surface area contributed by atoms with Crippen LogP contribution in [0, 0.1) is 0 Å². The summed E-state index contributed by atoms with van der Waals surface area (Å²) >= 11 is 0. The summed E-state index contributed by atoms with van der Waals surface area (Å²) in [5.41, 5.74) is 1.09. The number of hydrogen-bond acceptors (Lipinski definition) is 4. The zero-order valence-corrected chi connectivity index (χ0v) is 10.8. The summed E-state index contributed by atoms with van der Waals surface area (Å²) < 4.78 is 12.4. The van der Waals surface area contributed by atoms with Crippen LogP contribution in [0.2, 0.25) is 0 Å². The first kappa shape index (κ1) is 14.2. The quantitative estimate of drug-likeness (QED) is 0.622. The lowest BCUT2D eigenvalue weighted by molar-refractivity contribution is 0.0684. The van der Waals surface area contributed by atoms with Crippen molar-refractivity contribution >= 4 is 0 Å². The van der Waals surface area contributed by atoms with Gasteiger partial charge in [0.25, 0.3) is 0 Å². The lowest BCUT2D eigenvalue weighted by Crippen LogP contribution is -2.05. The molecule has 0 spiro atoms. The number of hydrogen-bond donors (Lipinski definition) is 1. The van der Waals surface area contributed by atoms with Crippen molar-refractivity contribution in [3.8, 4) is 0 Å². The molecule has 0 unspecified atom stereocenters. The highest BCUT2D eigenvalue weighted by atomic mass is 16.5. The van der Waals surface area contributed by atoms with Crippen LogP contribution >= 0.6 is 0 Å². The number of nitrogens with zero attached hydrogens (tertiary/aromatic N) is 2. The second-order valence-corrected chi connectivity index (χ2v) is 3.95. The van der Waals surface area contributed by atoms with Crippen molar-refractivity contribution in [2.75, 3.05) is 34.0 Å². The topological polar surface area (TPSA) is 48.3 Å². The van der Waals surface area contributed by atoms with Crippen molar-refractivity contribution in [2.45, 2.75) is 25.9 Å². The Bertz CT molecular complexity index is 289. The van der Waals surface area contributed by atoms with E-state index >= 15 is 0 Å². The van der Waals surface area contributed by atoms with Gasteiger partial charge in [0.05, 0.1) is 25.2 Å². The van der Waals surface area contributed by atoms with Gasteiger partial charge in [0.2, 0.25) is 0 Å². The molecule has 0 saturated carbocycles. The summed E-state index contributed by atoms with van der Waals surface area (Å²) in [6, 6.07) is 0. The van der Waals surface area contributed by atoms with E-state index in [1.54, 1.807) is 7.11 Å². The Morgan fingerprint density at radius 2 is 2.18 bits per heavy atom. The zero-order chi connectivity index (χ0) is 12.3. The molecule has 1 N–H and O–H groups in total. The van der Waals surface area contributed by atoms with E-state index in [9.17, 15) is 0 Å². The molecule has 0 aliphatic rings. The minimum Gasteiger partial charge on any atom is -0.382 e. The van der Waals surface area contributed by atoms with Gasteiger partial charge >= 0.3 is 0 Å². The maximum absolute atomic E-state index is 5.40. The van der Waals surface area contributed by atoms with Crippen molar-refractivity contribution in [2.24, 2.45) is 0 Å². The molecule has 0 atom stereocenters. The predicted molar refractivity (Wildman–Crippen MR) is 66.9 cm³/mol. The van der Waals surface area contributed by atoms with E-state index in [1.165, 1.54) is 0 Å². The molecule has 0 aliphatic carbocycles. The van der Waals surface area contributed by atoms with E-state index < -0.39 is 0 Å². The van der Waals surface area contributed by atoms with Crippen LogP contribution in [0.1, 0.15) is 18.5 Å². The molecular weight excluding hydrogens is 218 g/mol. The van der Waals surface area contributed by atoms with Crippen LogP contribution < -0.4 is 5.32 Å². The van der Waals surface area contributed by atoms with Crippen LogP contribution in [-0.4, -0.2) is 43.5 Å². The first-order valence-electron chi connectivity index (χ1n) is 6.08. The number of rotatable bonds is 10. The summed E-state index contributed by atoms with van der Waals surface area (Å²) in [4.78, 5) is 4.30. The van der Waals surface area contributed by atoms with Crippen molar-refractivity contribution in [1.29, 1.82) is 0 Å². The van der Waals surface area contributed by atoms with Gasteiger partial charge in [-0.1, -0.05) is 0 Å². The molecule has 0 amide bonds. The van der Waals surface area contributed by atoms with Crippen molar-refractivity contribution < 1.29 is 9.47 Å². The first-order valence-corrected chi connectivity index (χ1v) is 6.08. The predicted octanol–water partition coefficient (Wildman–Crippen LogP) is 1.05. The molecule has 17 heavy (non-hydrogen) atoms. The Labute approximate surface area is 103 Å². The highest BCUT2D eigenvalue weighted by molar-refractivity contribution is 4.95. The zero-order valence-electron chi connectivity index (χ0n) is 10.8. The van der Waals surface area contributed by atoms with E-state index in [0.717, 1.165) is 38.2 Å². The highest BCUT2D eigenvalue weighted by Crippen LogP contribution is 1.99. The van der Waals surface area contributed by atoms with Crippen LogP contribution in [0.3, 0.4) is 0 Å². The molecule has 0 fully saturated rings. The van der Waals surface area contributed by atoms with Crippen molar-refractivity contribution in [1.82, 2.24) is 14.9 Å². The monoisotopic (exact) mass is 241 g/mol. The minimum atomic E-state index is 0.675. The molecule has 98 valence electrons. The van der Waals surface area contributed by atoms with Crippen LogP contribution in [0.5, 0.6) is 0 Å². The van der Waals surface area contributed by atoms with Crippen LogP contribution in [0.25, 0.3) is 0 Å². The molecule has 5 heteroatoms. The summed E-state index contributed by atoms with van der Waals surface area (Å²) in [6.07, 6.45) is 6.16. The fraction of sp³-hybridized carbons (Fsp3) is 0.750. The highest BCUT2D eigenvalue weighted by Gasteiger charge is 1.97. The largest absolute Gasteiger partial charge is 0.382 e. The van der Waals surface area contributed by atoms with Crippen LogP contribution in [0.15, 0.2) is 12.5 Å². The number of methoxy groups -OCH3 is 1. The van der Waals surface area contributed by atoms with Crippen LogP contribution in [0.4, 0.5) is 0 Å². The summed E-state index contributed by atoms with van der Waals surface area (Å²) in [6.45, 7) is 4.00. The lowest BCUT2D eigenvalue weighted by Gasteiger charge is -2.04. The van der Waals surface area contributed by atoms with Gasteiger partial charge in [-0.2, -0.15) is 0 Å². The van der Waals surface area contributed by atoms with Gasteiger partial charge in [0.15, 0.2) is 0 Å². The summed E-state index contributed by atoms with van der Waals surface area (Å²) in [5, 5.41) is 3.09. The fourth-order valence-electron chi connectivity index (χ4n) is 1.54. The minimum absolute atomic E-state index is 0.675. The van der Waals surface area contributed by atoms with Gasteiger partial charge in [-0.15, -0.1) is 0 Å². The van der Waals surface area contributed by atoms with Gasteiger partial charge in [0, 0.05) is 33.0 Å². The summed E-state index contributed by atoms with van der Waals surface area (Å²) in [5.74, 6) is 0. The Balaban J connectivity index is 2.01. The molecule has 1 heterocycles. The fourth-order valence-corrected chi connectivity index (χ4v) is 1.54. The molecule has 0 radical (unpaired) electrons. The van der Waals surface area contributed by atoms with Gasteiger partial charge in [-0.3, -0.25) is 0 Å². The molecule has 0 aliphatic heterocycles. The Morgan fingerprint density at radius 3 is 2.94 bits per heavy atom. The molecule has 1 aromatic heterocycles. The SMILES string of the molecule is CNCc1cn(CCCCOCCOC)cn1. The molecule has 0 bridgehead atoms. The Morgan fingerprint density at radius 1 is 1.29 bits per heavy atom.